The lowest BCUT2D eigenvalue weighted by Gasteiger charge is -2.38. The smallest absolute Gasteiger partial charge is 0.273 e. The summed E-state index contributed by atoms with van der Waals surface area (Å²) in [4.78, 5) is 12.5. The van der Waals surface area contributed by atoms with Gasteiger partial charge in [0.05, 0.1) is 5.75 Å². The van der Waals surface area contributed by atoms with Crippen molar-refractivity contribution in [3.8, 4) is 0 Å². The van der Waals surface area contributed by atoms with Gasteiger partial charge in [-0.15, -0.1) is 0 Å². The summed E-state index contributed by atoms with van der Waals surface area (Å²) in [5, 5.41) is 9.97. The Morgan fingerprint density at radius 1 is 1.21 bits per heavy atom. The monoisotopic (exact) mass is 411 g/mol. The molecule has 4 N–H and O–H groups in total. The molecule has 0 aromatic carbocycles. The van der Waals surface area contributed by atoms with Gasteiger partial charge in [-0.2, -0.15) is 4.31 Å². The van der Waals surface area contributed by atoms with E-state index in [1.807, 2.05) is 0 Å². The van der Waals surface area contributed by atoms with Crippen LogP contribution >= 0.6 is 0 Å². The first-order valence-corrected chi connectivity index (χ1v) is 11.8. The van der Waals surface area contributed by atoms with E-state index in [0.29, 0.717) is 44.1 Å². The van der Waals surface area contributed by atoms with Gasteiger partial charge < -0.3 is 20.9 Å². The van der Waals surface area contributed by atoms with Gasteiger partial charge in [-0.1, -0.05) is 5.16 Å². The molecule has 1 aliphatic carbocycles. The molecule has 0 spiro atoms. The van der Waals surface area contributed by atoms with Crippen LogP contribution in [-0.4, -0.2) is 67.3 Å². The fourth-order valence-electron chi connectivity index (χ4n) is 4.46. The van der Waals surface area contributed by atoms with Crippen LogP contribution in [0.25, 0.3) is 0 Å². The van der Waals surface area contributed by atoms with Crippen LogP contribution in [0.1, 0.15) is 60.7 Å². The summed E-state index contributed by atoms with van der Waals surface area (Å²) in [5.41, 5.74) is 5.74. The van der Waals surface area contributed by atoms with Gasteiger partial charge in [-0.05, 0) is 38.5 Å². The predicted molar refractivity (Wildman–Crippen MR) is 103 cm³/mol. The number of aromatic nitrogens is 1. The number of piperidine rings is 1. The van der Waals surface area contributed by atoms with E-state index in [-0.39, 0.29) is 29.8 Å². The first-order chi connectivity index (χ1) is 13.5. The summed E-state index contributed by atoms with van der Waals surface area (Å²) in [6.07, 6.45) is 5.17. The Balaban J connectivity index is 1.33. The van der Waals surface area contributed by atoms with Crippen molar-refractivity contribution in [3.05, 3.63) is 17.5 Å². The molecular formula is C18H29N5O4S. The van der Waals surface area contributed by atoms with Gasteiger partial charge in [0.25, 0.3) is 5.91 Å². The van der Waals surface area contributed by atoms with E-state index in [2.05, 4.69) is 15.8 Å². The predicted octanol–water partition coefficient (Wildman–Crippen LogP) is 0.155. The Morgan fingerprint density at radius 2 is 1.93 bits per heavy atom. The Kier molecular flexibility index (Phi) is 5.73. The molecule has 10 heteroatoms. The summed E-state index contributed by atoms with van der Waals surface area (Å²) >= 11 is 0. The molecule has 0 radical (unpaired) electrons. The number of nitrogens with two attached hydrogens (primary N) is 1. The molecule has 1 saturated carbocycles. The van der Waals surface area contributed by atoms with E-state index in [4.69, 9.17) is 10.3 Å². The number of fused-ring (bicyclic) bond motifs is 2. The summed E-state index contributed by atoms with van der Waals surface area (Å²) in [7, 11) is -3.31. The zero-order chi connectivity index (χ0) is 19.7. The molecule has 0 unspecified atom stereocenters. The number of amides is 1. The Hall–Kier alpha value is -1.49. The van der Waals surface area contributed by atoms with E-state index in [1.165, 1.54) is 0 Å². The van der Waals surface area contributed by atoms with Gasteiger partial charge in [0.2, 0.25) is 10.0 Å². The summed E-state index contributed by atoms with van der Waals surface area (Å²) in [5.74, 6) is 1.05. The molecule has 156 valence electrons. The maximum absolute atomic E-state index is 12.8. The average Bonchev–Trinajstić information content (AvgIpc) is 3.31. The van der Waals surface area contributed by atoms with Crippen molar-refractivity contribution in [3.63, 3.8) is 0 Å². The van der Waals surface area contributed by atoms with Gasteiger partial charge in [-0.3, -0.25) is 4.79 Å². The Morgan fingerprint density at radius 3 is 2.57 bits per heavy atom. The van der Waals surface area contributed by atoms with Gasteiger partial charge in [0.1, 0.15) is 5.76 Å². The summed E-state index contributed by atoms with van der Waals surface area (Å²) < 4.78 is 32.5. The summed E-state index contributed by atoms with van der Waals surface area (Å²) in [6, 6.07) is 1.62. The number of nitrogens with zero attached hydrogens (tertiary/aromatic N) is 2. The Bertz CT molecular complexity index is 793. The second-order valence-corrected chi connectivity index (χ2v) is 10.1. The average molecular weight is 412 g/mol. The van der Waals surface area contributed by atoms with Crippen LogP contribution in [0.2, 0.25) is 0 Å². The van der Waals surface area contributed by atoms with Gasteiger partial charge >= 0.3 is 0 Å². The topological polar surface area (TPSA) is 131 Å². The number of hydrogen-bond donors (Lipinski definition) is 3. The lowest BCUT2D eigenvalue weighted by Crippen LogP contribution is -2.53. The van der Waals surface area contributed by atoms with E-state index >= 15 is 0 Å². The molecule has 3 fully saturated rings. The van der Waals surface area contributed by atoms with Crippen LogP contribution in [0, 0.1) is 0 Å². The van der Waals surface area contributed by atoms with Crippen LogP contribution in [0.4, 0.5) is 0 Å². The SMILES string of the molecule is NCCNCCS(=O)(=O)N1[C@@H]2CC[C@H]1C[C@@H](NC(=O)c1cc(C3CC3)on1)C2. The number of carbonyl (C=O) groups is 1. The van der Waals surface area contributed by atoms with Crippen molar-refractivity contribution < 1.29 is 17.7 Å². The van der Waals surface area contributed by atoms with Crippen LogP contribution < -0.4 is 16.4 Å². The second kappa shape index (κ2) is 8.10. The number of hydrogen-bond acceptors (Lipinski definition) is 7. The van der Waals surface area contributed by atoms with Crippen molar-refractivity contribution in [2.45, 2.75) is 62.6 Å². The quantitative estimate of drug-likeness (QED) is 0.493. The molecule has 2 bridgehead atoms. The first kappa shape index (κ1) is 19.8. The molecule has 28 heavy (non-hydrogen) atoms. The summed E-state index contributed by atoms with van der Waals surface area (Å²) in [6.45, 7) is 1.51. The van der Waals surface area contributed by atoms with Gasteiger partial charge in [-0.25, -0.2) is 8.42 Å². The highest BCUT2D eigenvalue weighted by Gasteiger charge is 2.46. The number of nitrogens with one attached hydrogen (secondary N) is 2. The lowest BCUT2D eigenvalue weighted by molar-refractivity contribution is 0.0900. The maximum Gasteiger partial charge on any atom is 0.273 e. The third-order valence-electron chi connectivity index (χ3n) is 5.92. The largest absolute Gasteiger partial charge is 0.360 e. The zero-order valence-corrected chi connectivity index (χ0v) is 16.8. The fraction of sp³-hybridized carbons (Fsp3) is 0.778. The van der Waals surface area contributed by atoms with Crippen LogP contribution in [0.3, 0.4) is 0 Å². The van der Waals surface area contributed by atoms with Crippen molar-refractivity contribution in [1.82, 2.24) is 20.1 Å². The van der Waals surface area contributed by atoms with Crippen molar-refractivity contribution >= 4 is 15.9 Å². The van der Waals surface area contributed by atoms with Crippen molar-refractivity contribution in [1.29, 1.82) is 0 Å². The fourth-order valence-corrected chi connectivity index (χ4v) is 6.36. The lowest BCUT2D eigenvalue weighted by atomic mass is 9.99. The molecule has 1 aromatic heterocycles. The number of carbonyl (C=O) groups excluding carboxylic acids is 1. The third kappa shape index (κ3) is 4.24. The zero-order valence-electron chi connectivity index (χ0n) is 16.0. The normalized spacial score (nSPS) is 27.8. The highest BCUT2D eigenvalue weighted by molar-refractivity contribution is 7.89. The Labute approximate surface area is 165 Å². The third-order valence-corrected chi connectivity index (χ3v) is 7.88. The second-order valence-electron chi connectivity index (χ2n) is 8.10. The highest BCUT2D eigenvalue weighted by Crippen LogP contribution is 2.40. The van der Waals surface area contributed by atoms with E-state index < -0.39 is 10.0 Å². The highest BCUT2D eigenvalue weighted by atomic mass is 32.2. The van der Waals surface area contributed by atoms with E-state index in [9.17, 15) is 13.2 Å². The van der Waals surface area contributed by atoms with Gasteiger partial charge in [0, 0.05) is 49.7 Å². The molecule has 2 saturated heterocycles. The van der Waals surface area contributed by atoms with Crippen molar-refractivity contribution in [2.24, 2.45) is 5.73 Å². The van der Waals surface area contributed by atoms with E-state index in [0.717, 1.165) is 31.4 Å². The molecule has 2 aliphatic heterocycles. The van der Waals surface area contributed by atoms with Crippen LogP contribution in [0.5, 0.6) is 0 Å². The minimum Gasteiger partial charge on any atom is -0.360 e. The number of rotatable bonds is 9. The maximum atomic E-state index is 12.8. The molecule has 4 rings (SSSR count). The first-order valence-electron chi connectivity index (χ1n) is 10.2. The van der Waals surface area contributed by atoms with Crippen LogP contribution in [0.15, 0.2) is 10.6 Å². The van der Waals surface area contributed by atoms with E-state index in [1.54, 1.807) is 10.4 Å². The van der Waals surface area contributed by atoms with Crippen LogP contribution in [-0.2, 0) is 10.0 Å². The molecule has 3 heterocycles. The standard InChI is InChI=1S/C18H29N5O4S/c19-5-6-20-7-8-28(25,26)23-14-3-4-15(23)10-13(9-14)21-18(24)16-11-17(27-22-16)12-1-2-12/h11-15,20H,1-10,19H2,(H,21,24)/t13-,14+,15-. The molecule has 3 aliphatic rings. The number of sulfonamides is 1. The van der Waals surface area contributed by atoms with Crippen molar-refractivity contribution in [2.75, 3.05) is 25.4 Å². The molecular weight excluding hydrogens is 382 g/mol. The molecule has 1 aromatic rings. The van der Waals surface area contributed by atoms with Gasteiger partial charge in [0.15, 0.2) is 5.69 Å². The molecule has 3 atom stereocenters. The minimum absolute atomic E-state index is 0.0344. The minimum atomic E-state index is -3.31. The molecule has 1 amide bonds. The molecule has 9 nitrogen and oxygen atoms in total.